The first-order valence-electron chi connectivity index (χ1n) is 5.50. The molecule has 0 heterocycles. The summed E-state index contributed by atoms with van der Waals surface area (Å²) in [4.78, 5) is 12.1. The number of carbonyl (C=O) groups excluding carboxylic acids is 1. The summed E-state index contributed by atoms with van der Waals surface area (Å²) in [7, 11) is 0. The molecule has 0 unspecified atom stereocenters. The Kier molecular flexibility index (Phi) is 4.57. The maximum absolute atomic E-state index is 13.0. The highest BCUT2D eigenvalue weighted by atomic mass is 127. The van der Waals surface area contributed by atoms with Crippen molar-refractivity contribution in [1.82, 2.24) is 0 Å². The molecule has 0 atom stereocenters. The highest BCUT2D eigenvalue weighted by Gasteiger charge is 2.11. The second-order valence-corrected chi connectivity index (χ2v) is 6.06. The number of halogens is 3. The van der Waals surface area contributed by atoms with Gasteiger partial charge in [-0.1, -0.05) is 15.9 Å². The summed E-state index contributed by atoms with van der Waals surface area (Å²) in [5, 5.41) is 2.80. The van der Waals surface area contributed by atoms with E-state index in [-0.39, 0.29) is 11.7 Å². The van der Waals surface area contributed by atoms with Crippen LogP contribution in [0.1, 0.15) is 15.9 Å². The van der Waals surface area contributed by atoms with Gasteiger partial charge in [-0.3, -0.25) is 4.79 Å². The lowest BCUT2D eigenvalue weighted by atomic mass is 10.2. The number of aryl methyl sites for hydroxylation is 1. The fourth-order valence-electron chi connectivity index (χ4n) is 1.59. The number of hydrogen-bond donors (Lipinski definition) is 1. The van der Waals surface area contributed by atoms with Crippen LogP contribution >= 0.6 is 38.5 Å². The molecule has 1 amide bonds. The Morgan fingerprint density at radius 1 is 1.26 bits per heavy atom. The molecule has 2 rings (SSSR count). The van der Waals surface area contributed by atoms with E-state index in [1.807, 2.05) is 47.7 Å². The number of nitrogens with one attached hydrogen (secondary N) is 1. The number of benzene rings is 2. The van der Waals surface area contributed by atoms with E-state index in [1.54, 1.807) is 0 Å². The van der Waals surface area contributed by atoms with Gasteiger partial charge < -0.3 is 5.32 Å². The summed E-state index contributed by atoms with van der Waals surface area (Å²) in [6.45, 7) is 1.95. The Morgan fingerprint density at radius 3 is 2.63 bits per heavy atom. The first kappa shape index (κ1) is 14.5. The lowest BCUT2D eigenvalue weighted by Gasteiger charge is -2.08. The zero-order chi connectivity index (χ0) is 14.0. The lowest BCUT2D eigenvalue weighted by Crippen LogP contribution is -2.13. The van der Waals surface area contributed by atoms with Gasteiger partial charge in [-0.2, -0.15) is 0 Å². The van der Waals surface area contributed by atoms with Gasteiger partial charge in [0.05, 0.1) is 5.56 Å². The molecule has 0 aliphatic heterocycles. The number of anilines is 1. The van der Waals surface area contributed by atoms with E-state index >= 15 is 0 Å². The summed E-state index contributed by atoms with van der Waals surface area (Å²) >= 11 is 5.35. The van der Waals surface area contributed by atoms with Crippen LogP contribution in [-0.2, 0) is 0 Å². The molecule has 0 bridgehead atoms. The number of amides is 1. The Labute approximate surface area is 132 Å². The van der Waals surface area contributed by atoms with Crippen LogP contribution in [0.2, 0.25) is 0 Å². The van der Waals surface area contributed by atoms with Crippen LogP contribution in [0.5, 0.6) is 0 Å². The van der Waals surface area contributed by atoms with Crippen LogP contribution < -0.4 is 5.32 Å². The molecule has 5 heteroatoms. The van der Waals surface area contributed by atoms with Crippen LogP contribution in [-0.4, -0.2) is 5.91 Å². The van der Waals surface area contributed by atoms with Crippen molar-refractivity contribution in [3.63, 3.8) is 0 Å². The van der Waals surface area contributed by atoms with Crippen molar-refractivity contribution in [3.05, 3.63) is 61.4 Å². The number of rotatable bonds is 2. The molecule has 0 spiro atoms. The fourth-order valence-corrected chi connectivity index (χ4v) is 2.56. The molecule has 0 fully saturated rings. The predicted octanol–water partition coefficient (Wildman–Crippen LogP) is 4.75. The first-order chi connectivity index (χ1) is 8.97. The molecule has 1 N–H and O–H groups in total. The van der Waals surface area contributed by atoms with E-state index in [0.29, 0.717) is 14.8 Å². The Balaban J connectivity index is 2.23. The van der Waals surface area contributed by atoms with Gasteiger partial charge in [0.2, 0.25) is 0 Å². The van der Waals surface area contributed by atoms with Gasteiger partial charge in [0.25, 0.3) is 5.91 Å². The zero-order valence-corrected chi connectivity index (χ0v) is 13.7. The Hall–Kier alpha value is -0.950. The summed E-state index contributed by atoms with van der Waals surface area (Å²) in [6.07, 6.45) is 0. The highest BCUT2D eigenvalue weighted by Crippen LogP contribution is 2.21. The zero-order valence-electron chi connectivity index (χ0n) is 10.0. The van der Waals surface area contributed by atoms with Crippen LogP contribution in [0.15, 0.2) is 40.9 Å². The molecule has 2 aromatic carbocycles. The van der Waals surface area contributed by atoms with Gasteiger partial charge in [-0.15, -0.1) is 0 Å². The van der Waals surface area contributed by atoms with Crippen LogP contribution in [0, 0.1) is 16.3 Å². The Bertz CT molecular complexity index is 645. The maximum atomic E-state index is 13.0. The van der Waals surface area contributed by atoms with Crippen molar-refractivity contribution >= 4 is 50.1 Å². The van der Waals surface area contributed by atoms with Crippen LogP contribution in [0.3, 0.4) is 0 Å². The van der Waals surface area contributed by atoms with E-state index in [0.717, 1.165) is 10.0 Å². The number of hydrogen-bond acceptors (Lipinski definition) is 1. The fraction of sp³-hybridized carbons (Fsp3) is 0.0714. The van der Waals surface area contributed by atoms with Crippen LogP contribution in [0.25, 0.3) is 0 Å². The molecule has 0 aromatic heterocycles. The molecular weight excluding hydrogens is 424 g/mol. The largest absolute Gasteiger partial charge is 0.322 e. The summed E-state index contributed by atoms with van der Waals surface area (Å²) in [5.74, 6) is -0.591. The third kappa shape index (κ3) is 3.54. The van der Waals surface area contributed by atoms with Gasteiger partial charge in [0.15, 0.2) is 0 Å². The monoisotopic (exact) mass is 433 g/mol. The molecule has 2 aromatic rings. The molecule has 0 saturated heterocycles. The smallest absolute Gasteiger partial charge is 0.256 e. The van der Waals surface area contributed by atoms with Crippen molar-refractivity contribution in [3.8, 4) is 0 Å². The minimum absolute atomic E-state index is 0.244. The average Bonchev–Trinajstić information content (AvgIpc) is 2.33. The predicted molar refractivity (Wildman–Crippen MR) is 85.9 cm³/mol. The normalized spacial score (nSPS) is 10.3. The van der Waals surface area contributed by atoms with Crippen molar-refractivity contribution in [2.24, 2.45) is 0 Å². The Morgan fingerprint density at radius 2 is 2.00 bits per heavy atom. The van der Waals surface area contributed by atoms with Crippen molar-refractivity contribution in [1.29, 1.82) is 0 Å². The third-order valence-corrected chi connectivity index (χ3v) is 4.37. The molecule has 0 aliphatic carbocycles. The highest BCUT2D eigenvalue weighted by molar-refractivity contribution is 14.1. The van der Waals surface area contributed by atoms with Crippen molar-refractivity contribution in [2.45, 2.75) is 6.92 Å². The van der Waals surface area contributed by atoms with Gasteiger partial charge in [-0.05, 0) is 71.5 Å². The molecule has 0 saturated carbocycles. The molecule has 19 heavy (non-hydrogen) atoms. The molecular formula is C14H10BrFINO. The second-order valence-electron chi connectivity index (χ2n) is 4.04. The summed E-state index contributed by atoms with van der Waals surface area (Å²) < 4.78 is 14.6. The summed E-state index contributed by atoms with van der Waals surface area (Å²) in [6, 6.07) is 9.66. The second kappa shape index (κ2) is 6.00. The van der Waals surface area contributed by atoms with Gasteiger partial charge in [0, 0.05) is 13.7 Å². The topological polar surface area (TPSA) is 29.1 Å². The average molecular weight is 434 g/mol. The molecule has 98 valence electrons. The van der Waals surface area contributed by atoms with E-state index in [4.69, 9.17) is 0 Å². The van der Waals surface area contributed by atoms with Crippen molar-refractivity contribution in [2.75, 3.05) is 5.32 Å². The SMILES string of the molecule is Cc1cc(NC(=O)c2ccc(F)cc2I)ccc1Br. The molecule has 0 radical (unpaired) electrons. The standard InChI is InChI=1S/C14H10BrFINO/c1-8-6-10(3-5-12(8)15)18-14(19)11-4-2-9(16)7-13(11)17/h2-7H,1H3,(H,18,19). The van der Waals surface area contributed by atoms with E-state index in [2.05, 4.69) is 21.2 Å². The number of carbonyl (C=O) groups is 1. The van der Waals surface area contributed by atoms with Gasteiger partial charge in [-0.25, -0.2) is 4.39 Å². The van der Waals surface area contributed by atoms with Gasteiger partial charge >= 0.3 is 0 Å². The van der Waals surface area contributed by atoms with E-state index in [9.17, 15) is 9.18 Å². The maximum Gasteiger partial charge on any atom is 0.256 e. The molecule has 0 aliphatic rings. The first-order valence-corrected chi connectivity index (χ1v) is 7.37. The third-order valence-electron chi connectivity index (χ3n) is 2.59. The lowest BCUT2D eigenvalue weighted by molar-refractivity contribution is 0.102. The van der Waals surface area contributed by atoms with Crippen LogP contribution in [0.4, 0.5) is 10.1 Å². The van der Waals surface area contributed by atoms with E-state index < -0.39 is 0 Å². The minimum Gasteiger partial charge on any atom is -0.322 e. The minimum atomic E-state index is -0.347. The quantitative estimate of drug-likeness (QED) is 0.680. The van der Waals surface area contributed by atoms with Gasteiger partial charge in [0.1, 0.15) is 5.82 Å². The van der Waals surface area contributed by atoms with E-state index in [1.165, 1.54) is 18.2 Å². The molecule has 2 nitrogen and oxygen atoms in total. The van der Waals surface area contributed by atoms with Crippen molar-refractivity contribution < 1.29 is 9.18 Å². The summed E-state index contributed by atoms with van der Waals surface area (Å²) in [5.41, 5.74) is 2.21.